The van der Waals surface area contributed by atoms with E-state index in [0.717, 1.165) is 27.9 Å². The van der Waals surface area contributed by atoms with Gasteiger partial charge < -0.3 is 10.1 Å². The molecule has 0 saturated carbocycles. The molecule has 4 rings (SSSR count). The van der Waals surface area contributed by atoms with Crippen molar-refractivity contribution in [1.82, 2.24) is 4.98 Å². The summed E-state index contributed by atoms with van der Waals surface area (Å²) in [5, 5.41) is 11.0. The Bertz CT molecular complexity index is 983. The third-order valence-corrected chi connectivity index (χ3v) is 4.25. The third kappa shape index (κ3) is 2.29. The molecule has 23 heavy (non-hydrogen) atoms. The van der Waals surface area contributed by atoms with Crippen LogP contribution in [0.2, 0.25) is 0 Å². The molecule has 1 heterocycles. The van der Waals surface area contributed by atoms with Crippen molar-refractivity contribution in [2.24, 2.45) is 0 Å². The second-order valence-corrected chi connectivity index (χ2v) is 5.79. The normalized spacial score (nSPS) is 11.0. The topological polar surface area (TPSA) is 36.0 Å². The number of hydrogen-bond donors (Lipinski definition) is 2. The summed E-state index contributed by atoms with van der Waals surface area (Å²) in [5.41, 5.74) is 6.55. The van der Waals surface area contributed by atoms with E-state index in [0.29, 0.717) is 5.75 Å². The molecule has 1 aromatic heterocycles. The van der Waals surface area contributed by atoms with Gasteiger partial charge in [0.1, 0.15) is 5.75 Å². The third-order valence-electron chi connectivity index (χ3n) is 4.25. The highest BCUT2D eigenvalue weighted by molar-refractivity contribution is 6.03. The molecule has 0 aliphatic carbocycles. The van der Waals surface area contributed by atoms with Crippen LogP contribution in [0.3, 0.4) is 0 Å². The molecule has 0 unspecified atom stereocenters. The summed E-state index contributed by atoms with van der Waals surface area (Å²) in [5.74, 6) is 0.329. The summed E-state index contributed by atoms with van der Waals surface area (Å²) in [4.78, 5) is 3.55. The maximum absolute atomic E-state index is 9.83. The standard InChI is InChI=1S/C21H17NO/c1-14-13-16(11-12-19(14)23)20-17-9-5-6-10-18(17)22-21(20)15-7-3-2-4-8-15/h2-13,22-23H,1H3. The lowest BCUT2D eigenvalue weighted by Gasteiger charge is -2.08. The van der Waals surface area contributed by atoms with E-state index in [4.69, 9.17) is 0 Å². The van der Waals surface area contributed by atoms with E-state index in [-0.39, 0.29) is 0 Å². The number of para-hydroxylation sites is 1. The van der Waals surface area contributed by atoms with E-state index in [1.54, 1.807) is 6.07 Å². The van der Waals surface area contributed by atoms with Crippen molar-refractivity contribution in [1.29, 1.82) is 0 Å². The zero-order valence-electron chi connectivity index (χ0n) is 12.9. The zero-order valence-corrected chi connectivity index (χ0v) is 12.9. The van der Waals surface area contributed by atoms with Gasteiger partial charge >= 0.3 is 0 Å². The fourth-order valence-electron chi connectivity index (χ4n) is 3.07. The number of nitrogens with one attached hydrogen (secondary N) is 1. The van der Waals surface area contributed by atoms with Crippen LogP contribution >= 0.6 is 0 Å². The number of fused-ring (bicyclic) bond motifs is 1. The van der Waals surface area contributed by atoms with Crippen LogP contribution in [0.1, 0.15) is 5.56 Å². The van der Waals surface area contributed by atoms with Crippen LogP contribution in [0, 0.1) is 6.92 Å². The fourth-order valence-corrected chi connectivity index (χ4v) is 3.07. The number of aryl methyl sites for hydroxylation is 1. The lowest BCUT2D eigenvalue weighted by atomic mass is 9.97. The molecule has 4 aromatic rings. The number of phenols is 1. The lowest BCUT2D eigenvalue weighted by Crippen LogP contribution is -1.84. The molecule has 2 heteroatoms. The number of H-pyrrole nitrogens is 1. The second-order valence-electron chi connectivity index (χ2n) is 5.79. The van der Waals surface area contributed by atoms with Crippen molar-refractivity contribution < 1.29 is 5.11 Å². The Balaban J connectivity index is 2.05. The molecule has 2 nitrogen and oxygen atoms in total. The molecule has 0 aliphatic heterocycles. The van der Waals surface area contributed by atoms with Crippen molar-refractivity contribution in [2.45, 2.75) is 6.92 Å². The van der Waals surface area contributed by atoms with E-state index in [1.165, 1.54) is 10.9 Å². The van der Waals surface area contributed by atoms with Crippen LogP contribution in [0.4, 0.5) is 0 Å². The molecule has 0 saturated heterocycles. The molecule has 0 amide bonds. The number of hydrogen-bond acceptors (Lipinski definition) is 1. The molecule has 3 aromatic carbocycles. The van der Waals surface area contributed by atoms with Gasteiger partial charge in [-0.15, -0.1) is 0 Å². The lowest BCUT2D eigenvalue weighted by molar-refractivity contribution is 0.471. The first-order chi connectivity index (χ1) is 11.2. The van der Waals surface area contributed by atoms with E-state index in [1.807, 2.05) is 43.3 Å². The van der Waals surface area contributed by atoms with Crippen LogP contribution in [0.25, 0.3) is 33.3 Å². The summed E-state index contributed by atoms with van der Waals surface area (Å²) in [6, 6.07) is 24.5. The van der Waals surface area contributed by atoms with Gasteiger partial charge in [-0.25, -0.2) is 0 Å². The van der Waals surface area contributed by atoms with Crippen molar-refractivity contribution >= 4 is 10.9 Å². The minimum absolute atomic E-state index is 0.329. The number of aromatic amines is 1. The van der Waals surface area contributed by atoms with Crippen LogP contribution < -0.4 is 0 Å². The predicted octanol–water partition coefficient (Wildman–Crippen LogP) is 5.52. The van der Waals surface area contributed by atoms with Crippen LogP contribution in [0.15, 0.2) is 72.8 Å². The monoisotopic (exact) mass is 299 g/mol. The molecular formula is C21H17NO. The Hall–Kier alpha value is -3.00. The zero-order chi connectivity index (χ0) is 15.8. The molecule has 112 valence electrons. The van der Waals surface area contributed by atoms with Gasteiger partial charge in [-0.05, 0) is 41.8 Å². The van der Waals surface area contributed by atoms with E-state index >= 15 is 0 Å². The predicted molar refractivity (Wildman–Crippen MR) is 95.6 cm³/mol. The summed E-state index contributed by atoms with van der Waals surface area (Å²) in [7, 11) is 0. The van der Waals surface area contributed by atoms with Crippen molar-refractivity contribution in [2.75, 3.05) is 0 Å². The first-order valence-corrected chi connectivity index (χ1v) is 7.70. The van der Waals surface area contributed by atoms with Crippen LogP contribution in [0.5, 0.6) is 5.75 Å². The molecule has 0 atom stereocenters. The molecular weight excluding hydrogens is 282 g/mol. The van der Waals surface area contributed by atoms with E-state index in [2.05, 4.69) is 35.3 Å². The highest BCUT2D eigenvalue weighted by atomic mass is 16.3. The highest BCUT2D eigenvalue weighted by Gasteiger charge is 2.15. The first kappa shape index (κ1) is 13.6. The number of aromatic nitrogens is 1. The summed E-state index contributed by atoms with van der Waals surface area (Å²) in [6.07, 6.45) is 0. The van der Waals surface area contributed by atoms with Crippen molar-refractivity contribution in [3.63, 3.8) is 0 Å². The first-order valence-electron chi connectivity index (χ1n) is 7.70. The largest absolute Gasteiger partial charge is 0.508 e. The van der Waals surface area contributed by atoms with Gasteiger partial charge in [0.2, 0.25) is 0 Å². The number of rotatable bonds is 2. The number of aromatic hydroxyl groups is 1. The molecule has 0 aliphatic rings. The Kier molecular flexibility index (Phi) is 3.16. The van der Waals surface area contributed by atoms with Gasteiger partial charge in [0, 0.05) is 16.5 Å². The quantitative estimate of drug-likeness (QED) is 0.502. The average molecular weight is 299 g/mol. The van der Waals surface area contributed by atoms with E-state index in [9.17, 15) is 5.11 Å². The molecule has 0 bridgehead atoms. The van der Waals surface area contributed by atoms with Gasteiger partial charge in [0.05, 0.1) is 5.69 Å². The fraction of sp³-hybridized carbons (Fsp3) is 0.0476. The van der Waals surface area contributed by atoms with Crippen molar-refractivity contribution in [3.05, 3.63) is 78.4 Å². The van der Waals surface area contributed by atoms with E-state index < -0.39 is 0 Å². The molecule has 0 spiro atoms. The summed E-state index contributed by atoms with van der Waals surface area (Å²) >= 11 is 0. The number of phenolic OH excluding ortho intramolecular Hbond substituents is 1. The molecule has 0 radical (unpaired) electrons. The molecule has 2 N–H and O–H groups in total. The Labute approximate surface area is 135 Å². The smallest absolute Gasteiger partial charge is 0.118 e. The van der Waals surface area contributed by atoms with Crippen molar-refractivity contribution in [3.8, 4) is 28.1 Å². The summed E-state index contributed by atoms with van der Waals surface area (Å²) < 4.78 is 0. The van der Waals surface area contributed by atoms with Gasteiger partial charge in [-0.3, -0.25) is 0 Å². The van der Waals surface area contributed by atoms with Crippen LogP contribution in [-0.2, 0) is 0 Å². The summed E-state index contributed by atoms with van der Waals surface area (Å²) in [6.45, 7) is 1.93. The highest BCUT2D eigenvalue weighted by Crippen LogP contribution is 2.39. The maximum atomic E-state index is 9.83. The Morgan fingerprint density at radius 3 is 2.30 bits per heavy atom. The maximum Gasteiger partial charge on any atom is 0.118 e. The van der Waals surface area contributed by atoms with Gasteiger partial charge in [-0.2, -0.15) is 0 Å². The Morgan fingerprint density at radius 2 is 1.52 bits per heavy atom. The number of benzene rings is 3. The average Bonchev–Trinajstić information content (AvgIpc) is 2.98. The SMILES string of the molecule is Cc1cc(-c2c(-c3ccccc3)[nH]c3ccccc23)ccc1O. The second kappa shape index (κ2) is 5.33. The molecule has 0 fully saturated rings. The van der Waals surface area contributed by atoms with Gasteiger partial charge in [0.15, 0.2) is 0 Å². The minimum atomic E-state index is 0.329. The van der Waals surface area contributed by atoms with Gasteiger partial charge in [0.25, 0.3) is 0 Å². The Morgan fingerprint density at radius 1 is 0.783 bits per heavy atom. The van der Waals surface area contributed by atoms with Gasteiger partial charge in [-0.1, -0.05) is 54.6 Å². The van der Waals surface area contributed by atoms with Crippen LogP contribution in [-0.4, -0.2) is 10.1 Å². The minimum Gasteiger partial charge on any atom is -0.508 e.